The van der Waals surface area contributed by atoms with E-state index in [0.717, 1.165) is 25.3 Å². The van der Waals surface area contributed by atoms with Crippen LogP contribution in [0.5, 0.6) is 5.75 Å². The largest absolute Gasteiger partial charge is 0.497 e. The third kappa shape index (κ3) is 6.86. The second-order valence-electron chi connectivity index (χ2n) is 9.95. The molecule has 1 aromatic rings. The second kappa shape index (κ2) is 11.7. The average molecular weight is 466 g/mol. The molecule has 0 aliphatic heterocycles. The van der Waals surface area contributed by atoms with Gasteiger partial charge < -0.3 is 19.3 Å². The number of benzene rings is 1. The number of carbonyl (C=O) groups is 1. The monoisotopic (exact) mass is 465 g/mol. The molecule has 0 spiro atoms. The summed E-state index contributed by atoms with van der Waals surface area (Å²) in [6.45, 7) is 11.3. The van der Waals surface area contributed by atoms with Gasteiger partial charge in [-0.2, -0.15) is 0 Å². The molecule has 1 fully saturated rings. The van der Waals surface area contributed by atoms with Crippen molar-refractivity contribution in [3.8, 4) is 5.75 Å². The molecule has 1 aliphatic rings. The van der Waals surface area contributed by atoms with Crippen LogP contribution >= 0.6 is 11.9 Å². The first kappa shape index (κ1) is 27.0. The molecule has 1 aliphatic carbocycles. The molecule has 2 rings (SSSR count). The zero-order valence-electron chi connectivity index (χ0n) is 21.5. The maximum Gasteiger partial charge on any atom is 0.248 e. The highest BCUT2D eigenvalue weighted by molar-refractivity contribution is 7.97. The maximum atomic E-state index is 12.7. The Morgan fingerprint density at radius 2 is 1.75 bits per heavy atom. The van der Waals surface area contributed by atoms with Crippen LogP contribution in [0.3, 0.4) is 0 Å². The van der Waals surface area contributed by atoms with Gasteiger partial charge in [0, 0.05) is 24.5 Å². The van der Waals surface area contributed by atoms with Crippen LogP contribution in [0.4, 0.5) is 0 Å². The highest BCUT2D eigenvalue weighted by Crippen LogP contribution is 2.50. The van der Waals surface area contributed by atoms with Gasteiger partial charge in [0.15, 0.2) is 0 Å². The van der Waals surface area contributed by atoms with Gasteiger partial charge in [-0.05, 0) is 101 Å². The van der Waals surface area contributed by atoms with E-state index >= 15 is 0 Å². The predicted molar refractivity (Wildman–Crippen MR) is 133 cm³/mol. The third-order valence-electron chi connectivity index (χ3n) is 6.90. The van der Waals surface area contributed by atoms with Gasteiger partial charge >= 0.3 is 0 Å². The van der Waals surface area contributed by atoms with Crippen LogP contribution in [-0.4, -0.2) is 87.7 Å². The molecule has 7 heteroatoms. The van der Waals surface area contributed by atoms with E-state index in [9.17, 15) is 4.79 Å². The van der Waals surface area contributed by atoms with Gasteiger partial charge in [-0.1, -0.05) is 13.8 Å². The van der Waals surface area contributed by atoms with Gasteiger partial charge in [0.2, 0.25) is 5.91 Å². The van der Waals surface area contributed by atoms with Crippen LogP contribution in [0.15, 0.2) is 17.0 Å². The summed E-state index contributed by atoms with van der Waals surface area (Å²) in [7, 11) is 9.91. The Morgan fingerprint density at radius 3 is 2.28 bits per heavy atom. The van der Waals surface area contributed by atoms with Crippen molar-refractivity contribution in [2.45, 2.75) is 51.5 Å². The van der Waals surface area contributed by atoms with E-state index in [4.69, 9.17) is 9.47 Å². The molecule has 0 unspecified atom stereocenters. The molecule has 32 heavy (non-hydrogen) atoms. The molecule has 1 saturated carbocycles. The minimum Gasteiger partial charge on any atom is -0.497 e. The molecule has 0 heterocycles. The second-order valence-corrected chi connectivity index (χ2v) is 11.2. The zero-order chi connectivity index (χ0) is 24.1. The van der Waals surface area contributed by atoms with E-state index < -0.39 is 0 Å². The average Bonchev–Trinajstić information content (AvgIpc) is 2.72. The van der Waals surface area contributed by atoms with E-state index in [-0.39, 0.29) is 17.9 Å². The number of ether oxygens (including phenoxy) is 2. The Kier molecular flexibility index (Phi) is 9.88. The number of carbonyl (C=O) groups excluding carboxylic acids is 1. The molecular weight excluding hydrogens is 422 g/mol. The molecular formula is C25H43N3O3S. The Bertz CT molecular complexity index is 746. The van der Waals surface area contributed by atoms with Crippen molar-refractivity contribution in [3.63, 3.8) is 0 Å². The van der Waals surface area contributed by atoms with Crippen molar-refractivity contribution in [3.05, 3.63) is 23.3 Å². The minimum absolute atomic E-state index is 0.0753. The van der Waals surface area contributed by atoms with Gasteiger partial charge in [-0.3, -0.25) is 4.79 Å². The molecule has 0 N–H and O–H groups in total. The molecule has 0 saturated heterocycles. The number of methoxy groups -OCH3 is 1. The van der Waals surface area contributed by atoms with Gasteiger partial charge in [-0.25, -0.2) is 4.31 Å². The molecule has 1 amide bonds. The van der Waals surface area contributed by atoms with E-state index in [1.165, 1.54) is 22.4 Å². The van der Waals surface area contributed by atoms with Crippen molar-refractivity contribution in [1.82, 2.24) is 14.1 Å². The van der Waals surface area contributed by atoms with E-state index in [1.807, 2.05) is 11.9 Å². The topological polar surface area (TPSA) is 45.3 Å². The van der Waals surface area contributed by atoms with Crippen LogP contribution in [0.1, 0.15) is 37.8 Å². The fraction of sp³-hybridized carbons (Fsp3) is 0.720. The number of aryl methyl sites for hydroxylation is 2. The summed E-state index contributed by atoms with van der Waals surface area (Å²) >= 11 is 1.70. The van der Waals surface area contributed by atoms with Gasteiger partial charge in [0.25, 0.3) is 0 Å². The lowest BCUT2D eigenvalue weighted by Gasteiger charge is -2.56. The lowest BCUT2D eigenvalue weighted by Crippen LogP contribution is -2.59. The molecule has 2 atom stereocenters. The van der Waals surface area contributed by atoms with Crippen molar-refractivity contribution < 1.29 is 14.3 Å². The van der Waals surface area contributed by atoms with Gasteiger partial charge in [0.05, 0.1) is 13.7 Å². The van der Waals surface area contributed by atoms with E-state index in [1.54, 1.807) is 19.1 Å². The first-order valence-corrected chi connectivity index (χ1v) is 12.3. The number of nitrogens with zero attached hydrogens (tertiary/aromatic N) is 3. The Balaban J connectivity index is 1.73. The Morgan fingerprint density at radius 1 is 1.12 bits per heavy atom. The zero-order valence-corrected chi connectivity index (χ0v) is 22.3. The fourth-order valence-corrected chi connectivity index (χ4v) is 5.44. The standard InChI is InChI=1S/C25H43N3O3S/c1-18-14-21(30-9)15-19(2)24(18)32-27(7)12-13-31-17-23(29)28(8)22-16-20(25(22,3)4)10-11-26(5)6/h14-15,20,22H,10-13,16-17H2,1-9H3/t20-,22+/m1/s1. The first-order chi connectivity index (χ1) is 15.0. The SMILES string of the molecule is COc1cc(C)c(SN(C)CCOCC(=O)N(C)[C@H]2C[C@@H](CCN(C)C)C2(C)C)c(C)c1. The summed E-state index contributed by atoms with van der Waals surface area (Å²) in [6, 6.07) is 4.41. The molecule has 0 bridgehead atoms. The summed E-state index contributed by atoms with van der Waals surface area (Å²) in [4.78, 5) is 18.1. The van der Waals surface area contributed by atoms with Crippen LogP contribution in [-0.2, 0) is 9.53 Å². The number of hydrogen-bond acceptors (Lipinski definition) is 6. The molecule has 0 aromatic heterocycles. The Labute approximate surface area is 199 Å². The highest BCUT2D eigenvalue weighted by Gasteiger charge is 2.50. The van der Waals surface area contributed by atoms with Crippen LogP contribution in [0.2, 0.25) is 0 Å². The van der Waals surface area contributed by atoms with E-state index in [2.05, 4.69) is 70.2 Å². The van der Waals surface area contributed by atoms with Crippen LogP contribution in [0.25, 0.3) is 0 Å². The minimum atomic E-state index is 0.0753. The Hall–Kier alpha value is -1.28. The first-order valence-electron chi connectivity index (χ1n) is 11.5. The van der Waals surface area contributed by atoms with Gasteiger partial charge in [0.1, 0.15) is 12.4 Å². The summed E-state index contributed by atoms with van der Waals surface area (Å²) in [5.41, 5.74) is 2.55. The maximum absolute atomic E-state index is 12.7. The van der Waals surface area contributed by atoms with Crippen molar-refractivity contribution in [1.29, 1.82) is 0 Å². The van der Waals surface area contributed by atoms with Crippen molar-refractivity contribution >= 4 is 17.9 Å². The number of likely N-dealkylation sites (N-methyl/N-ethyl adjacent to an activating group) is 2. The number of rotatable bonds is 12. The smallest absolute Gasteiger partial charge is 0.248 e. The molecule has 0 radical (unpaired) electrons. The normalized spacial score (nSPS) is 19.8. The van der Waals surface area contributed by atoms with E-state index in [0.29, 0.717) is 18.6 Å². The lowest BCUT2D eigenvalue weighted by molar-refractivity contribution is -0.148. The number of hydrogen-bond donors (Lipinski definition) is 0. The molecule has 182 valence electrons. The van der Waals surface area contributed by atoms with Gasteiger partial charge in [-0.15, -0.1) is 0 Å². The third-order valence-corrected chi connectivity index (χ3v) is 8.22. The van der Waals surface area contributed by atoms with Crippen molar-refractivity contribution in [2.75, 3.05) is 61.6 Å². The van der Waals surface area contributed by atoms with Crippen LogP contribution < -0.4 is 4.74 Å². The van der Waals surface area contributed by atoms with Crippen molar-refractivity contribution in [2.24, 2.45) is 11.3 Å². The summed E-state index contributed by atoms with van der Waals surface area (Å²) in [5.74, 6) is 1.63. The highest BCUT2D eigenvalue weighted by atomic mass is 32.2. The van der Waals surface area contributed by atoms with Crippen LogP contribution in [0, 0.1) is 25.2 Å². The summed E-state index contributed by atoms with van der Waals surface area (Å²) < 4.78 is 13.2. The lowest BCUT2D eigenvalue weighted by atomic mass is 9.57. The molecule has 6 nitrogen and oxygen atoms in total. The molecule has 1 aromatic carbocycles. The summed E-state index contributed by atoms with van der Waals surface area (Å²) in [5, 5.41) is 0. The number of amides is 1. The summed E-state index contributed by atoms with van der Waals surface area (Å²) in [6.07, 6.45) is 2.27. The quantitative estimate of drug-likeness (QED) is 0.342. The predicted octanol–water partition coefficient (Wildman–Crippen LogP) is 4.09. The fourth-order valence-electron chi connectivity index (χ4n) is 4.55.